The lowest BCUT2D eigenvalue weighted by Gasteiger charge is -2.31. The second kappa shape index (κ2) is 29.6. The van der Waals surface area contributed by atoms with Crippen LogP contribution in [-0.2, 0) is 10.2 Å². The van der Waals surface area contributed by atoms with Crippen LogP contribution in [0.2, 0.25) is 0 Å². The number of pyridine rings is 1. The number of amides is 1. The van der Waals surface area contributed by atoms with Gasteiger partial charge in [-0.05, 0) is 142 Å². The molecule has 1 aromatic carbocycles. The number of allylic oxidation sites excluding steroid dienone is 5. The molecule has 0 spiro atoms. The molecule has 1 amide bonds. The van der Waals surface area contributed by atoms with Gasteiger partial charge in [0, 0.05) is 36.0 Å². The SMILES string of the molecule is C#C/C=C\c1cccc(F)c1C.C/C=C1/C=C(C(=O)NCC(C)(c2cc(C(C)CC)c(C)c(C)n2)C2CC2)C=C(C)C1=N.C=C.C=CN.CC.CC.CO. The number of aliphatic hydroxyl groups is 1. The lowest BCUT2D eigenvalue weighted by molar-refractivity contribution is -0.117. The fourth-order valence-corrected chi connectivity index (χ4v) is 5.43. The lowest BCUT2D eigenvalue weighted by atomic mass is 9.78. The van der Waals surface area contributed by atoms with Crippen LogP contribution in [0.15, 0.2) is 91.2 Å². The van der Waals surface area contributed by atoms with Crippen molar-refractivity contribution in [2.75, 3.05) is 13.7 Å². The Labute approximate surface area is 328 Å². The predicted molar refractivity (Wildman–Crippen MR) is 234 cm³/mol. The Morgan fingerprint density at radius 2 is 1.70 bits per heavy atom. The highest BCUT2D eigenvalue weighted by Gasteiger charge is 2.44. The van der Waals surface area contributed by atoms with E-state index in [1.54, 1.807) is 25.1 Å². The van der Waals surface area contributed by atoms with Gasteiger partial charge in [0.1, 0.15) is 5.82 Å². The maximum atomic E-state index is 13.0. The van der Waals surface area contributed by atoms with E-state index in [2.05, 4.69) is 77.4 Å². The molecule has 1 fully saturated rings. The molecule has 1 saturated carbocycles. The third kappa shape index (κ3) is 16.5. The molecule has 2 aliphatic rings. The fraction of sp³-hybridized carbons (Fsp3) is 0.426. The van der Waals surface area contributed by atoms with Crippen molar-refractivity contribution in [2.24, 2.45) is 11.7 Å². The number of aromatic nitrogens is 1. The monoisotopic (exact) mass is 743 g/mol. The molecular weight excluding hydrogens is 672 g/mol. The first-order chi connectivity index (χ1) is 25.8. The first-order valence-electron chi connectivity index (χ1n) is 18.9. The van der Waals surface area contributed by atoms with Gasteiger partial charge in [-0.2, -0.15) is 0 Å². The molecule has 1 heterocycles. The van der Waals surface area contributed by atoms with E-state index in [4.69, 9.17) is 21.9 Å². The van der Waals surface area contributed by atoms with E-state index >= 15 is 0 Å². The summed E-state index contributed by atoms with van der Waals surface area (Å²) in [5.74, 6) is 3.12. The smallest absolute Gasteiger partial charge is 0.251 e. The minimum absolute atomic E-state index is 0.0796. The summed E-state index contributed by atoms with van der Waals surface area (Å²) >= 11 is 0. The minimum Gasteiger partial charge on any atom is -0.405 e. The number of carbonyl (C=O) groups excluding carboxylic acids is 1. The van der Waals surface area contributed by atoms with Crippen LogP contribution in [0.1, 0.15) is 121 Å². The minimum atomic E-state index is -0.200. The van der Waals surface area contributed by atoms with Gasteiger partial charge in [-0.3, -0.25) is 9.78 Å². The molecule has 298 valence electrons. The van der Waals surface area contributed by atoms with Gasteiger partial charge < -0.3 is 21.6 Å². The molecule has 4 rings (SSSR count). The molecule has 6 nitrogen and oxygen atoms in total. The highest BCUT2D eigenvalue weighted by Crippen LogP contribution is 2.47. The second-order valence-corrected chi connectivity index (χ2v) is 12.2. The lowest BCUT2D eigenvalue weighted by Crippen LogP contribution is -2.41. The van der Waals surface area contributed by atoms with Crippen LogP contribution in [0.3, 0.4) is 0 Å². The molecule has 2 atom stereocenters. The molecule has 0 bridgehead atoms. The summed E-state index contributed by atoms with van der Waals surface area (Å²) in [6.45, 7) is 34.3. The summed E-state index contributed by atoms with van der Waals surface area (Å²) in [7, 11) is 1.00. The first-order valence-corrected chi connectivity index (χ1v) is 18.9. The van der Waals surface area contributed by atoms with Gasteiger partial charge in [-0.15, -0.1) is 19.6 Å². The Kier molecular flexibility index (Phi) is 29.4. The normalized spacial score (nSPS) is 14.8. The van der Waals surface area contributed by atoms with Crippen LogP contribution in [0.25, 0.3) is 6.08 Å². The van der Waals surface area contributed by atoms with Crippen LogP contribution >= 0.6 is 0 Å². The van der Waals surface area contributed by atoms with Crippen molar-refractivity contribution in [1.29, 1.82) is 5.41 Å². The largest absolute Gasteiger partial charge is 0.405 e. The summed E-state index contributed by atoms with van der Waals surface area (Å²) in [4.78, 5) is 18.0. The van der Waals surface area contributed by atoms with E-state index in [9.17, 15) is 9.18 Å². The van der Waals surface area contributed by atoms with E-state index in [0.29, 0.717) is 35.2 Å². The Hall–Kier alpha value is -4.80. The Balaban J connectivity index is -0.000000937. The van der Waals surface area contributed by atoms with E-state index in [-0.39, 0.29) is 17.1 Å². The number of rotatable bonds is 8. The summed E-state index contributed by atoms with van der Waals surface area (Å²) in [5, 5.41) is 18.3. The van der Waals surface area contributed by atoms with Crippen molar-refractivity contribution in [2.45, 2.75) is 114 Å². The molecule has 0 saturated heterocycles. The summed E-state index contributed by atoms with van der Waals surface area (Å²) in [6, 6.07) is 7.22. The van der Waals surface area contributed by atoms with E-state index in [0.717, 1.165) is 41.6 Å². The molecule has 54 heavy (non-hydrogen) atoms. The zero-order valence-electron chi connectivity index (χ0n) is 35.7. The van der Waals surface area contributed by atoms with E-state index in [1.165, 1.54) is 36.2 Å². The van der Waals surface area contributed by atoms with Gasteiger partial charge in [-0.25, -0.2) is 4.39 Å². The number of nitrogens with one attached hydrogen (secondary N) is 2. The van der Waals surface area contributed by atoms with E-state index < -0.39 is 0 Å². The van der Waals surface area contributed by atoms with Gasteiger partial charge in [0.2, 0.25) is 0 Å². The number of hydrogen-bond acceptors (Lipinski definition) is 5. The number of aliphatic hydroxyl groups excluding tert-OH is 1. The standard InChI is InChI=1S/C27H37N3O.C11H9F.C2H5N.2C2H6.C2H4.CH4O/c1-8-16(3)23-14-24(30-19(6)18(23)5)27(7,22-10-11-22)15-29-26(31)21-12-17(4)25(28)20(9-2)13-21;1-3-4-6-10-7-5-8-11(12)9(10)2;1-2-3;4*1-2/h9,12-14,16,22,28H,8,10-11,15H2,1-7H3,(H,29,31);1,4-8H,2H3;2H,1,3H2;2*1-2H3;1-2H2;2H,1H3/b20-9-,28-25?;6-4-;;;;;. The van der Waals surface area contributed by atoms with Gasteiger partial charge in [0.05, 0.1) is 5.71 Å². The van der Waals surface area contributed by atoms with Crippen molar-refractivity contribution >= 4 is 17.7 Å². The number of hydrogen-bond donors (Lipinski definition) is 4. The average Bonchev–Trinajstić information content (AvgIpc) is 4.06. The molecule has 2 unspecified atom stereocenters. The van der Waals surface area contributed by atoms with Crippen molar-refractivity contribution in [3.63, 3.8) is 0 Å². The van der Waals surface area contributed by atoms with Crippen molar-refractivity contribution in [3.8, 4) is 12.3 Å². The van der Waals surface area contributed by atoms with Crippen LogP contribution < -0.4 is 11.1 Å². The Bertz CT molecular complexity index is 1620. The molecule has 7 heteroatoms. The summed E-state index contributed by atoms with van der Waals surface area (Å²) in [6.07, 6.45) is 18.5. The maximum Gasteiger partial charge on any atom is 0.251 e. The number of carbonyl (C=O) groups is 1. The quantitative estimate of drug-likeness (QED) is 0.159. The van der Waals surface area contributed by atoms with Gasteiger partial charge >= 0.3 is 0 Å². The summed E-state index contributed by atoms with van der Waals surface area (Å²) in [5.41, 5.74) is 13.5. The number of terminal acetylenes is 1. The van der Waals surface area contributed by atoms with Crippen LogP contribution in [0.4, 0.5) is 4.39 Å². The molecular formula is C47H71FN4O2. The van der Waals surface area contributed by atoms with Crippen LogP contribution in [-0.4, -0.2) is 35.4 Å². The predicted octanol–water partition coefficient (Wildman–Crippen LogP) is 11.2. The Morgan fingerprint density at radius 3 is 2.19 bits per heavy atom. The van der Waals surface area contributed by atoms with Gasteiger partial charge in [0.15, 0.2) is 0 Å². The van der Waals surface area contributed by atoms with Crippen LogP contribution in [0, 0.1) is 50.3 Å². The van der Waals surface area contributed by atoms with Gasteiger partial charge in [-0.1, -0.05) is 79.2 Å². The van der Waals surface area contributed by atoms with Crippen molar-refractivity contribution < 1.29 is 14.3 Å². The first kappa shape index (κ1) is 53.6. The Morgan fingerprint density at radius 1 is 1.15 bits per heavy atom. The number of benzene rings is 1. The molecule has 0 radical (unpaired) electrons. The second-order valence-electron chi connectivity index (χ2n) is 12.2. The number of nitrogens with zero attached hydrogens (tertiary/aromatic N) is 1. The zero-order valence-corrected chi connectivity index (χ0v) is 35.7. The maximum absolute atomic E-state index is 13.0. The van der Waals surface area contributed by atoms with Crippen LogP contribution in [0.5, 0.6) is 0 Å². The molecule has 5 N–H and O–H groups in total. The van der Waals surface area contributed by atoms with Crippen molar-refractivity contribution in [1.82, 2.24) is 10.3 Å². The third-order valence-corrected chi connectivity index (χ3v) is 8.99. The number of nitrogens with two attached hydrogens (primary N) is 1. The highest BCUT2D eigenvalue weighted by molar-refractivity contribution is 6.16. The van der Waals surface area contributed by atoms with Gasteiger partial charge in [0.25, 0.3) is 5.91 Å². The fourth-order valence-electron chi connectivity index (χ4n) is 5.43. The summed E-state index contributed by atoms with van der Waals surface area (Å²) < 4.78 is 12.9. The topological polar surface area (TPSA) is 112 Å². The number of aryl methyl sites for hydroxylation is 1. The molecule has 2 aliphatic carbocycles. The van der Waals surface area contributed by atoms with Crippen molar-refractivity contribution in [3.05, 3.63) is 131 Å². The molecule has 1 aromatic heterocycles. The van der Waals surface area contributed by atoms with E-state index in [1.807, 2.05) is 65.8 Å². The highest BCUT2D eigenvalue weighted by atomic mass is 19.1. The molecule has 2 aromatic rings. The average molecular weight is 743 g/mol. The zero-order chi connectivity index (χ0) is 42.6. The number of halogens is 1. The third-order valence-electron chi connectivity index (χ3n) is 8.99. The molecule has 0 aliphatic heterocycles.